The molecule has 6 atom stereocenters. The van der Waals surface area contributed by atoms with E-state index < -0.39 is 0 Å². The number of anilines is 1. The molecule has 96 valence electrons. The van der Waals surface area contributed by atoms with E-state index in [0.717, 1.165) is 0 Å². The molecule has 6 rings (SSSR count). The van der Waals surface area contributed by atoms with Crippen LogP contribution in [0.15, 0.2) is 23.7 Å². The van der Waals surface area contributed by atoms with Crippen molar-refractivity contribution in [2.24, 2.45) is 35.5 Å². The summed E-state index contributed by atoms with van der Waals surface area (Å²) in [5, 5.41) is 2.35. The zero-order valence-corrected chi connectivity index (χ0v) is 10.9. The minimum absolute atomic E-state index is 0.0188. The van der Waals surface area contributed by atoms with Gasteiger partial charge in [-0.1, -0.05) is 12.2 Å². The number of hydrogen-bond acceptors (Lipinski definition) is 4. The Morgan fingerprint density at radius 1 is 1.11 bits per heavy atom. The molecule has 2 saturated carbocycles. The van der Waals surface area contributed by atoms with Crippen molar-refractivity contribution in [3.8, 4) is 0 Å². The number of carbonyl (C=O) groups is 2. The highest BCUT2D eigenvalue weighted by molar-refractivity contribution is 7.14. The van der Waals surface area contributed by atoms with Crippen molar-refractivity contribution in [3.63, 3.8) is 0 Å². The first-order valence-corrected chi connectivity index (χ1v) is 7.61. The van der Waals surface area contributed by atoms with Crippen LogP contribution in [-0.4, -0.2) is 16.8 Å². The third-order valence-electron chi connectivity index (χ3n) is 5.27. The largest absolute Gasteiger partial charge is 0.274 e. The molecule has 2 bridgehead atoms. The molecule has 4 nitrogen and oxygen atoms in total. The molecule has 1 aromatic rings. The SMILES string of the molecule is O=C1[C@@H]2[C@H]3C=C[C@@H]([C@@H]4C[C@@H]34)[C@H]2C(=O)N1c1nccs1. The van der Waals surface area contributed by atoms with Crippen LogP contribution in [-0.2, 0) is 9.59 Å². The van der Waals surface area contributed by atoms with Gasteiger partial charge in [0.2, 0.25) is 11.8 Å². The van der Waals surface area contributed by atoms with Crippen molar-refractivity contribution in [2.45, 2.75) is 6.42 Å². The van der Waals surface area contributed by atoms with Gasteiger partial charge in [-0.25, -0.2) is 9.88 Å². The minimum Gasteiger partial charge on any atom is -0.274 e. The lowest BCUT2D eigenvalue weighted by Gasteiger charge is -2.37. The standard InChI is InChI=1S/C14H12N2O2S/c17-12-10-6-1-2-7(9-5-8(6)9)11(10)13(18)16(12)14-15-3-4-19-14/h1-4,6-11H,5H2/t6-,7-,8-,9-,10+,11+/m0/s1. The molecule has 2 heterocycles. The monoisotopic (exact) mass is 272 g/mol. The normalized spacial score (nSPS) is 45.6. The van der Waals surface area contributed by atoms with Crippen molar-refractivity contribution in [2.75, 3.05) is 4.90 Å². The Morgan fingerprint density at radius 3 is 2.26 bits per heavy atom. The summed E-state index contributed by atoms with van der Waals surface area (Å²) in [6.07, 6.45) is 7.23. The van der Waals surface area contributed by atoms with Gasteiger partial charge in [0.05, 0.1) is 11.8 Å². The van der Waals surface area contributed by atoms with E-state index in [1.807, 2.05) is 5.38 Å². The van der Waals surface area contributed by atoms with Crippen LogP contribution in [0.1, 0.15) is 6.42 Å². The van der Waals surface area contributed by atoms with Gasteiger partial charge in [0.25, 0.3) is 0 Å². The van der Waals surface area contributed by atoms with E-state index >= 15 is 0 Å². The van der Waals surface area contributed by atoms with E-state index in [1.54, 1.807) is 6.20 Å². The summed E-state index contributed by atoms with van der Waals surface area (Å²) >= 11 is 1.36. The molecular formula is C14H12N2O2S. The minimum atomic E-state index is -0.116. The molecule has 2 amide bonds. The van der Waals surface area contributed by atoms with Crippen LogP contribution in [0.3, 0.4) is 0 Å². The lowest BCUT2D eigenvalue weighted by Crippen LogP contribution is -2.40. The maximum absolute atomic E-state index is 12.6. The summed E-state index contributed by atoms with van der Waals surface area (Å²) in [5.41, 5.74) is 0. The summed E-state index contributed by atoms with van der Waals surface area (Å²) in [6, 6.07) is 0. The Morgan fingerprint density at radius 2 is 1.74 bits per heavy atom. The zero-order chi connectivity index (χ0) is 12.7. The first kappa shape index (κ1) is 10.3. The van der Waals surface area contributed by atoms with Crippen LogP contribution in [0.25, 0.3) is 0 Å². The van der Waals surface area contributed by atoms with Gasteiger partial charge in [0.15, 0.2) is 5.13 Å². The second kappa shape index (κ2) is 3.15. The lowest BCUT2D eigenvalue weighted by atomic mass is 9.63. The van der Waals surface area contributed by atoms with Gasteiger partial charge >= 0.3 is 0 Å². The number of amides is 2. The van der Waals surface area contributed by atoms with Gasteiger partial charge in [0.1, 0.15) is 0 Å². The molecule has 0 unspecified atom stereocenters. The highest BCUT2D eigenvalue weighted by atomic mass is 32.1. The van der Waals surface area contributed by atoms with Gasteiger partial charge in [-0.2, -0.15) is 0 Å². The molecule has 0 radical (unpaired) electrons. The highest BCUT2D eigenvalue weighted by Gasteiger charge is 2.67. The molecule has 1 saturated heterocycles. The lowest BCUT2D eigenvalue weighted by molar-refractivity contribution is -0.124. The van der Waals surface area contributed by atoms with Crippen molar-refractivity contribution < 1.29 is 9.59 Å². The summed E-state index contributed by atoms with van der Waals surface area (Å²) < 4.78 is 0. The summed E-state index contributed by atoms with van der Waals surface area (Å²) in [7, 11) is 0. The maximum atomic E-state index is 12.6. The molecule has 0 N–H and O–H groups in total. The van der Waals surface area contributed by atoms with Crippen molar-refractivity contribution in [1.29, 1.82) is 0 Å². The predicted molar refractivity (Wildman–Crippen MR) is 69.3 cm³/mol. The first-order chi connectivity index (χ1) is 9.27. The van der Waals surface area contributed by atoms with Crippen LogP contribution in [0.2, 0.25) is 0 Å². The Hall–Kier alpha value is -1.49. The Kier molecular flexibility index (Phi) is 1.71. The molecule has 5 aliphatic rings. The average Bonchev–Trinajstić information content (AvgIpc) is 3.01. The van der Waals surface area contributed by atoms with E-state index in [2.05, 4.69) is 17.1 Å². The molecule has 5 heteroatoms. The summed E-state index contributed by atoms with van der Waals surface area (Å²) in [6.45, 7) is 0. The smallest absolute Gasteiger partial charge is 0.240 e. The maximum Gasteiger partial charge on any atom is 0.240 e. The van der Waals surface area contributed by atoms with Crippen LogP contribution in [0, 0.1) is 35.5 Å². The van der Waals surface area contributed by atoms with E-state index in [4.69, 9.17) is 0 Å². The van der Waals surface area contributed by atoms with Crippen molar-refractivity contribution in [1.82, 2.24) is 4.98 Å². The summed E-state index contributed by atoms with van der Waals surface area (Å²) in [5.74, 6) is 1.63. The second-order valence-electron chi connectivity index (χ2n) is 5.98. The molecule has 19 heavy (non-hydrogen) atoms. The average molecular weight is 272 g/mol. The van der Waals surface area contributed by atoms with Crippen LogP contribution < -0.4 is 4.90 Å². The number of carbonyl (C=O) groups excluding carboxylic acids is 2. The van der Waals surface area contributed by atoms with Gasteiger partial charge in [-0.15, -0.1) is 11.3 Å². The molecule has 1 aliphatic heterocycles. The third-order valence-corrected chi connectivity index (χ3v) is 6.03. The number of rotatable bonds is 1. The molecule has 1 aromatic heterocycles. The number of allylic oxidation sites excluding steroid dienone is 2. The van der Waals surface area contributed by atoms with E-state index in [9.17, 15) is 9.59 Å². The van der Waals surface area contributed by atoms with Crippen molar-refractivity contribution in [3.05, 3.63) is 23.7 Å². The van der Waals surface area contributed by atoms with E-state index in [-0.39, 0.29) is 23.7 Å². The quantitative estimate of drug-likeness (QED) is 0.577. The van der Waals surface area contributed by atoms with Gasteiger partial charge in [0, 0.05) is 11.6 Å². The van der Waals surface area contributed by atoms with Crippen LogP contribution in [0.4, 0.5) is 5.13 Å². The fraction of sp³-hybridized carbons (Fsp3) is 0.500. The molecular weight excluding hydrogens is 260 g/mol. The fourth-order valence-corrected chi connectivity index (χ4v) is 5.12. The molecule has 0 spiro atoms. The number of imide groups is 1. The number of aromatic nitrogens is 1. The predicted octanol–water partition coefficient (Wildman–Crippen LogP) is 1.70. The number of thiazole rings is 1. The fourth-order valence-electron chi connectivity index (χ4n) is 4.47. The zero-order valence-electron chi connectivity index (χ0n) is 10.1. The molecule has 3 fully saturated rings. The van der Waals surface area contributed by atoms with E-state index in [0.29, 0.717) is 28.8 Å². The van der Waals surface area contributed by atoms with Gasteiger partial charge < -0.3 is 0 Å². The van der Waals surface area contributed by atoms with Crippen LogP contribution in [0.5, 0.6) is 0 Å². The topological polar surface area (TPSA) is 50.3 Å². The van der Waals surface area contributed by atoms with Crippen LogP contribution >= 0.6 is 11.3 Å². The third kappa shape index (κ3) is 1.09. The van der Waals surface area contributed by atoms with Crippen molar-refractivity contribution >= 4 is 28.3 Å². The number of hydrogen-bond donors (Lipinski definition) is 0. The summed E-state index contributed by atoms with van der Waals surface area (Å²) in [4.78, 5) is 30.8. The Labute approximate surface area is 114 Å². The Bertz CT molecular complexity index is 587. The highest BCUT2D eigenvalue weighted by Crippen LogP contribution is 2.65. The van der Waals surface area contributed by atoms with E-state index in [1.165, 1.54) is 22.7 Å². The van der Waals surface area contributed by atoms with Gasteiger partial charge in [-0.05, 0) is 30.1 Å². The number of nitrogens with zero attached hydrogens (tertiary/aromatic N) is 2. The Balaban J connectivity index is 1.62. The first-order valence-electron chi connectivity index (χ1n) is 6.73. The molecule has 4 aliphatic carbocycles. The van der Waals surface area contributed by atoms with Gasteiger partial charge in [-0.3, -0.25) is 9.59 Å². The molecule has 0 aromatic carbocycles. The second-order valence-corrected chi connectivity index (χ2v) is 6.85.